The molecule has 102 valence electrons. The van der Waals surface area contributed by atoms with Crippen molar-refractivity contribution in [3.63, 3.8) is 0 Å². The second kappa shape index (κ2) is 4.89. The van der Waals surface area contributed by atoms with Crippen LogP contribution in [0.2, 0.25) is 0 Å². The van der Waals surface area contributed by atoms with Crippen LogP contribution in [0.25, 0.3) is 0 Å². The van der Waals surface area contributed by atoms with Gasteiger partial charge in [0.05, 0.1) is 5.56 Å². The number of nitrogen functional groups attached to an aromatic ring is 1. The zero-order chi connectivity index (χ0) is 14.1. The van der Waals surface area contributed by atoms with Crippen molar-refractivity contribution < 1.29 is 9.90 Å². The molecule has 0 aliphatic carbocycles. The van der Waals surface area contributed by atoms with Crippen LogP contribution in [0.1, 0.15) is 21.5 Å². The Hall–Kier alpha value is -2.49. The van der Waals surface area contributed by atoms with E-state index in [1.165, 1.54) is 11.1 Å². The molecule has 0 radical (unpaired) electrons. The molecule has 0 amide bonds. The first kappa shape index (κ1) is 12.5. The molecule has 2 aromatic rings. The third-order valence-corrected chi connectivity index (χ3v) is 3.76. The molecule has 4 heteroatoms. The molecule has 2 aromatic carbocycles. The topological polar surface area (TPSA) is 66.6 Å². The second-order valence-corrected chi connectivity index (χ2v) is 5.02. The fourth-order valence-corrected chi connectivity index (χ4v) is 2.66. The quantitative estimate of drug-likeness (QED) is 0.821. The number of nitrogens with zero attached hydrogens (tertiary/aromatic N) is 1. The number of carboxylic acids is 1. The van der Waals surface area contributed by atoms with Crippen molar-refractivity contribution in [1.29, 1.82) is 0 Å². The largest absolute Gasteiger partial charge is 0.478 e. The number of nitrogens with two attached hydrogens (primary N) is 1. The van der Waals surface area contributed by atoms with Crippen molar-refractivity contribution in [1.82, 2.24) is 0 Å². The van der Waals surface area contributed by atoms with E-state index in [9.17, 15) is 4.79 Å². The summed E-state index contributed by atoms with van der Waals surface area (Å²) >= 11 is 0. The first-order chi connectivity index (χ1) is 9.65. The van der Waals surface area contributed by atoms with Gasteiger partial charge in [0.15, 0.2) is 0 Å². The first-order valence-electron chi connectivity index (χ1n) is 6.59. The summed E-state index contributed by atoms with van der Waals surface area (Å²) in [6.07, 6.45) is 0.997. The third-order valence-electron chi connectivity index (χ3n) is 3.76. The summed E-state index contributed by atoms with van der Waals surface area (Å²) in [7, 11) is 0. The Labute approximate surface area is 117 Å². The lowest BCUT2D eigenvalue weighted by atomic mass is 9.99. The third kappa shape index (κ3) is 2.20. The minimum Gasteiger partial charge on any atom is -0.478 e. The van der Waals surface area contributed by atoms with Crippen molar-refractivity contribution in [2.24, 2.45) is 0 Å². The molecule has 0 fully saturated rings. The van der Waals surface area contributed by atoms with Crippen LogP contribution < -0.4 is 10.6 Å². The number of carboxylic acid groups (broad SMARTS) is 1. The molecule has 0 atom stereocenters. The molecule has 1 heterocycles. The van der Waals surface area contributed by atoms with Gasteiger partial charge < -0.3 is 15.7 Å². The lowest BCUT2D eigenvalue weighted by molar-refractivity contribution is 0.0698. The van der Waals surface area contributed by atoms with E-state index in [0.29, 0.717) is 5.69 Å². The van der Waals surface area contributed by atoms with E-state index in [1.54, 1.807) is 12.1 Å². The zero-order valence-corrected chi connectivity index (χ0v) is 11.0. The zero-order valence-electron chi connectivity index (χ0n) is 11.0. The van der Waals surface area contributed by atoms with E-state index in [0.717, 1.165) is 25.2 Å². The van der Waals surface area contributed by atoms with E-state index in [-0.39, 0.29) is 5.56 Å². The smallest absolute Gasteiger partial charge is 0.337 e. The molecule has 0 bridgehead atoms. The summed E-state index contributed by atoms with van der Waals surface area (Å²) in [6.45, 7) is 1.75. The van der Waals surface area contributed by atoms with E-state index >= 15 is 0 Å². The Morgan fingerprint density at radius 1 is 1.15 bits per heavy atom. The van der Waals surface area contributed by atoms with Gasteiger partial charge >= 0.3 is 5.97 Å². The van der Waals surface area contributed by atoms with Gasteiger partial charge in [-0.2, -0.15) is 0 Å². The summed E-state index contributed by atoms with van der Waals surface area (Å²) in [5.74, 6) is -0.988. The molecular formula is C16H16N2O2. The number of hydrogen-bond donors (Lipinski definition) is 2. The van der Waals surface area contributed by atoms with E-state index in [1.807, 2.05) is 12.1 Å². The van der Waals surface area contributed by atoms with Crippen molar-refractivity contribution in [3.8, 4) is 0 Å². The number of rotatable bonds is 2. The normalized spacial score (nSPS) is 13.9. The van der Waals surface area contributed by atoms with Gasteiger partial charge in [0.1, 0.15) is 0 Å². The number of carbonyl (C=O) groups is 1. The maximum atomic E-state index is 11.0. The van der Waals surface area contributed by atoms with Crippen LogP contribution in [0.5, 0.6) is 0 Å². The van der Waals surface area contributed by atoms with E-state index in [2.05, 4.69) is 23.1 Å². The molecule has 0 saturated heterocycles. The average Bonchev–Trinajstić information content (AvgIpc) is 2.46. The van der Waals surface area contributed by atoms with Crippen molar-refractivity contribution in [2.75, 3.05) is 17.2 Å². The standard InChI is InChI=1S/C16H16N2O2/c17-15-9-13(5-6-14(15)16(19)20)18-8-7-11-3-1-2-4-12(11)10-18/h1-6,9H,7-8,10,17H2,(H,19,20). The summed E-state index contributed by atoms with van der Waals surface area (Å²) in [5, 5.41) is 9.00. The number of anilines is 2. The Kier molecular flexibility index (Phi) is 3.06. The molecule has 0 unspecified atom stereocenters. The highest BCUT2D eigenvalue weighted by atomic mass is 16.4. The Balaban J connectivity index is 1.88. The number of hydrogen-bond acceptors (Lipinski definition) is 3. The predicted octanol–water partition coefficient (Wildman–Crippen LogP) is 2.53. The van der Waals surface area contributed by atoms with Gasteiger partial charge in [-0.3, -0.25) is 0 Å². The highest BCUT2D eigenvalue weighted by Crippen LogP contribution is 2.27. The SMILES string of the molecule is Nc1cc(N2CCc3ccccc3C2)ccc1C(=O)O. The lowest BCUT2D eigenvalue weighted by Gasteiger charge is -2.31. The minimum absolute atomic E-state index is 0.158. The maximum absolute atomic E-state index is 11.0. The van der Waals surface area contributed by atoms with Crippen LogP contribution in [0.15, 0.2) is 42.5 Å². The number of benzene rings is 2. The molecule has 20 heavy (non-hydrogen) atoms. The molecular weight excluding hydrogens is 252 g/mol. The van der Waals surface area contributed by atoms with Crippen LogP contribution in [0.3, 0.4) is 0 Å². The molecule has 0 saturated carbocycles. The molecule has 0 spiro atoms. The first-order valence-corrected chi connectivity index (χ1v) is 6.59. The highest BCUT2D eigenvalue weighted by molar-refractivity contribution is 5.94. The van der Waals surface area contributed by atoms with E-state index in [4.69, 9.17) is 10.8 Å². The summed E-state index contributed by atoms with van der Waals surface area (Å²) in [6, 6.07) is 13.6. The maximum Gasteiger partial charge on any atom is 0.337 e. The summed E-state index contributed by atoms with van der Waals surface area (Å²) in [4.78, 5) is 13.2. The monoisotopic (exact) mass is 268 g/mol. The lowest BCUT2D eigenvalue weighted by Crippen LogP contribution is -2.30. The molecule has 4 nitrogen and oxygen atoms in total. The van der Waals surface area contributed by atoms with Crippen LogP contribution in [-0.4, -0.2) is 17.6 Å². The number of aromatic carboxylic acids is 1. The fraction of sp³-hybridized carbons (Fsp3) is 0.188. The van der Waals surface area contributed by atoms with E-state index < -0.39 is 5.97 Å². The summed E-state index contributed by atoms with van der Waals surface area (Å²) in [5.41, 5.74) is 9.97. The molecule has 1 aliphatic heterocycles. The van der Waals surface area contributed by atoms with Crippen LogP contribution in [0.4, 0.5) is 11.4 Å². The fourth-order valence-electron chi connectivity index (χ4n) is 2.66. The van der Waals surface area contributed by atoms with Crippen LogP contribution >= 0.6 is 0 Å². The minimum atomic E-state index is -0.988. The molecule has 3 rings (SSSR count). The Bertz CT molecular complexity index is 667. The van der Waals surface area contributed by atoms with Gasteiger partial charge in [0.25, 0.3) is 0 Å². The van der Waals surface area contributed by atoms with Gasteiger partial charge in [-0.1, -0.05) is 24.3 Å². The molecule has 3 N–H and O–H groups in total. The molecule has 1 aliphatic rings. The Morgan fingerprint density at radius 3 is 2.60 bits per heavy atom. The Morgan fingerprint density at radius 2 is 1.90 bits per heavy atom. The van der Waals surface area contributed by atoms with Crippen molar-refractivity contribution in [2.45, 2.75) is 13.0 Å². The predicted molar refractivity (Wildman–Crippen MR) is 79.0 cm³/mol. The van der Waals surface area contributed by atoms with Crippen molar-refractivity contribution in [3.05, 3.63) is 59.2 Å². The highest BCUT2D eigenvalue weighted by Gasteiger charge is 2.17. The second-order valence-electron chi connectivity index (χ2n) is 5.02. The van der Waals surface area contributed by atoms with Gasteiger partial charge in [-0.15, -0.1) is 0 Å². The average molecular weight is 268 g/mol. The van der Waals surface area contributed by atoms with Crippen LogP contribution in [-0.2, 0) is 13.0 Å². The van der Waals surface area contributed by atoms with Gasteiger partial charge in [0, 0.05) is 24.5 Å². The number of fused-ring (bicyclic) bond motifs is 1. The van der Waals surface area contributed by atoms with Crippen LogP contribution in [0, 0.1) is 0 Å². The van der Waals surface area contributed by atoms with Crippen molar-refractivity contribution >= 4 is 17.3 Å². The summed E-state index contributed by atoms with van der Waals surface area (Å²) < 4.78 is 0. The van der Waals surface area contributed by atoms with Gasteiger partial charge in [0.2, 0.25) is 0 Å². The van der Waals surface area contributed by atoms with Gasteiger partial charge in [-0.05, 0) is 35.7 Å². The van der Waals surface area contributed by atoms with Gasteiger partial charge in [-0.25, -0.2) is 4.79 Å². The molecule has 0 aromatic heterocycles.